The van der Waals surface area contributed by atoms with E-state index in [0.29, 0.717) is 5.16 Å². The smallest absolute Gasteiger partial charge is 0.234 e. The number of anilines is 2. The summed E-state index contributed by atoms with van der Waals surface area (Å²) in [6.07, 6.45) is 0. The van der Waals surface area contributed by atoms with Crippen molar-refractivity contribution in [1.82, 2.24) is 14.8 Å². The molecular weight excluding hydrogens is 370 g/mol. The van der Waals surface area contributed by atoms with Gasteiger partial charge in [0.05, 0.1) is 5.75 Å². The molecule has 1 amide bonds. The molecule has 0 unspecified atom stereocenters. The molecule has 0 aliphatic carbocycles. The van der Waals surface area contributed by atoms with Gasteiger partial charge in [0.25, 0.3) is 0 Å². The second kappa shape index (κ2) is 8.48. The van der Waals surface area contributed by atoms with Gasteiger partial charge >= 0.3 is 0 Å². The Hall–Kier alpha value is -2.80. The van der Waals surface area contributed by atoms with Crippen LogP contribution in [0.15, 0.2) is 47.6 Å². The molecule has 28 heavy (non-hydrogen) atoms. The van der Waals surface area contributed by atoms with Crippen LogP contribution >= 0.6 is 11.8 Å². The van der Waals surface area contributed by atoms with Crippen LogP contribution < -0.4 is 10.2 Å². The van der Waals surface area contributed by atoms with Gasteiger partial charge in [0.1, 0.15) is 0 Å². The molecule has 0 saturated carbocycles. The maximum atomic E-state index is 12.4. The highest BCUT2D eigenvalue weighted by molar-refractivity contribution is 7.99. The summed E-state index contributed by atoms with van der Waals surface area (Å²) >= 11 is 1.38. The first-order chi connectivity index (χ1) is 13.4. The van der Waals surface area contributed by atoms with Gasteiger partial charge in [-0.05, 0) is 49.2 Å². The molecule has 0 atom stereocenters. The summed E-state index contributed by atoms with van der Waals surface area (Å²) in [4.78, 5) is 14.4. The molecule has 0 saturated heterocycles. The van der Waals surface area contributed by atoms with Crippen molar-refractivity contribution in [3.8, 4) is 11.4 Å². The van der Waals surface area contributed by atoms with Crippen LogP contribution in [0, 0.1) is 13.8 Å². The number of aryl methyl sites for hydroxylation is 2. The van der Waals surface area contributed by atoms with Gasteiger partial charge in [-0.3, -0.25) is 4.79 Å². The first kappa shape index (κ1) is 19.9. The van der Waals surface area contributed by atoms with Crippen molar-refractivity contribution in [2.24, 2.45) is 7.05 Å². The molecule has 6 nitrogen and oxygen atoms in total. The van der Waals surface area contributed by atoms with Gasteiger partial charge in [0, 0.05) is 38.1 Å². The molecule has 0 bridgehead atoms. The van der Waals surface area contributed by atoms with Gasteiger partial charge in [0.2, 0.25) is 5.91 Å². The molecule has 3 aromatic rings. The van der Waals surface area contributed by atoms with E-state index >= 15 is 0 Å². The lowest BCUT2D eigenvalue weighted by molar-refractivity contribution is -0.113. The molecular formula is C21H25N5OS. The second-order valence-corrected chi connectivity index (χ2v) is 7.85. The van der Waals surface area contributed by atoms with Crippen LogP contribution in [0.3, 0.4) is 0 Å². The summed E-state index contributed by atoms with van der Waals surface area (Å²) < 4.78 is 1.92. The molecule has 0 fully saturated rings. The summed E-state index contributed by atoms with van der Waals surface area (Å²) in [5.74, 6) is 1.00. The number of hydrogen-bond donors (Lipinski definition) is 1. The lowest BCUT2D eigenvalue weighted by Crippen LogP contribution is -2.16. The average Bonchev–Trinajstić information content (AvgIpc) is 3.04. The van der Waals surface area contributed by atoms with E-state index in [-0.39, 0.29) is 11.7 Å². The van der Waals surface area contributed by atoms with Crippen molar-refractivity contribution in [1.29, 1.82) is 0 Å². The molecule has 7 heteroatoms. The quantitative estimate of drug-likeness (QED) is 0.642. The predicted molar refractivity (Wildman–Crippen MR) is 116 cm³/mol. The fourth-order valence-corrected chi connectivity index (χ4v) is 3.63. The second-order valence-electron chi connectivity index (χ2n) is 6.91. The van der Waals surface area contributed by atoms with E-state index in [1.165, 1.54) is 11.8 Å². The number of nitrogens with one attached hydrogen (secondary N) is 1. The van der Waals surface area contributed by atoms with Gasteiger partial charge in [-0.2, -0.15) is 0 Å². The van der Waals surface area contributed by atoms with Crippen LogP contribution in [-0.2, 0) is 11.8 Å². The Kier molecular flexibility index (Phi) is 6.04. The molecule has 2 aromatic carbocycles. The van der Waals surface area contributed by atoms with E-state index in [1.807, 2.05) is 69.9 Å². The van der Waals surface area contributed by atoms with Gasteiger partial charge < -0.3 is 14.8 Å². The third kappa shape index (κ3) is 4.36. The lowest BCUT2D eigenvalue weighted by Gasteiger charge is -2.12. The van der Waals surface area contributed by atoms with E-state index < -0.39 is 0 Å². The van der Waals surface area contributed by atoms with Crippen LogP contribution in [0.5, 0.6) is 0 Å². The molecule has 0 aliphatic rings. The monoisotopic (exact) mass is 395 g/mol. The molecule has 0 aliphatic heterocycles. The summed E-state index contributed by atoms with van der Waals surface area (Å²) in [7, 11) is 5.94. The minimum absolute atomic E-state index is 0.0534. The van der Waals surface area contributed by atoms with Crippen LogP contribution in [-0.4, -0.2) is 40.5 Å². The van der Waals surface area contributed by atoms with Crippen molar-refractivity contribution in [3.63, 3.8) is 0 Å². The van der Waals surface area contributed by atoms with Crippen LogP contribution in [0.1, 0.15) is 11.1 Å². The normalized spacial score (nSPS) is 10.8. The number of thioether (sulfide) groups is 1. The highest BCUT2D eigenvalue weighted by atomic mass is 32.2. The SMILES string of the molecule is Cc1cccc(C)c1NC(=O)CSc1nnc(-c2ccc(N(C)C)cc2)n1C. The lowest BCUT2D eigenvalue weighted by atomic mass is 10.1. The Bertz CT molecular complexity index is 959. The van der Waals surface area contributed by atoms with Crippen LogP contribution in [0.2, 0.25) is 0 Å². The highest BCUT2D eigenvalue weighted by Gasteiger charge is 2.14. The Morgan fingerprint density at radius 2 is 1.71 bits per heavy atom. The number of carbonyl (C=O) groups is 1. The Morgan fingerprint density at radius 1 is 1.07 bits per heavy atom. The van der Waals surface area contributed by atoms with E-state index in [9.17, 15) is 4.79 Å². The van der Waals surface area contributed by atoms with Gasteiger partial charge in [0.15, 0.2) is 11.0 Å². The summed E-state index contributed by atoms with van der Waals surface area (Å²) in [6, 6.07) is 14.1. The van der Waals surface area contributed by atoms with Crippen molar-refractivity contribution >= 4 is 29.0 Å². The molecule has 3 rings (SSSR count). The summed E-state index contributed by atoms with van der Waals surface area (Å²) in [5.41, 5.74) is 5.12. The van der Waals surface area contributed by atoms with Gasteiger partial charge in [-0.25, -0.2) is 0 Å². The van der Waals surface area contributed by atoms with Crippen molar-refractivity contribution in [2.45, 2.75) is 19.0 Å². The zero-order chi connectivity index (χ0) is 20.3. The number of amides is 1. The molecule has 1 heterocycles. The van der Waals surface area contributed by atoms with Crippen molar-refractivity contribution < 1.29 is 4.79 Å². The summed E-state index contributed by atoms with van der Waals surface area (Å²) in [5, 5.41) is 12.3. The van der Waals surface area contributed by atoms with Crippen LogP contribution in [0.4, 0.5) is 11.4 Å². The van der Waals surface area contributed by atoms with E-state index in [0.717, 1.165) is 33.9 Å². The molecule has 146 valence electrons. The fraction of sp³-hybridized carbons (Fsp3) is 0.286. The minimum Gasteiger partial charge on any atom is -0.378 e. The topological polar surface area (TPSA) is 63.1 Å². The zero-order valence-corrected chi connectivity index (χ0v) is 17.7. The summed E-state index contributed by atoms with van der Waals surface area (Å²) in [6.45, 7) is 3.98. The Labute approximate surface area is 170 Å². The van der Waals surface area contributed by atoms with Gasteiger partial charge in [-0.1, -0.05) is 30.0 Å². The number of benzene rings is 2. The predicted octanol–water partition coefficient (Wildman–Crippen LogP) is 3.90. The Balaban J connectivity index is 1.66. The maximum absolute atomic E-state index is 12.4. The maximum Gasteiger partial charge on any atom is 0.234 e. The highest BCUT2D eigenvalue weighted by Crippen LogP contribution is 2.25. The average molecular weight is 396 g/mol. The number of rotatable bonds is 6. The van der Waals surface area contributed by atoms with Gasteiger partial charge in [-0.15, -0.1) is 10.2 Å². The molecule has 1 N–H and O–H groups in total. The third-order valence-corrected chi connectivity index (χ3v) is 5.57. The first-order valence-electron chi connectivity index (χ1n) is 9.03. The minimum atomic E-state index is -0.0534. The number of carbonyl (C=O) groups excluding carboxylic acids is 1. The molecule has 1 aromatic heterocycles. The van der Waals surface area contributed by atoms with E-state index in [4.69, 9.17) is 0 Å². The fourth-order valence-electron chi connectivity index (χ4n) is 2.92. The van der Waals surface area contributed by atoms with Crippen LogP contribution in [0.25, 0.3) is 11.4 Å². The number of para-hydroxylation sites is 1. The zero-order valence-electron chi connectivity index (χ0n) is 16.9. The first-order valence-corrected chi connectivity index (χ1v) is 10.0. The van der Waals surface area contributed by atoms with E-state index in [1.54, 1.807) is 0 Å². The number of nitrogens with zero attached hydrogens (tertiary/aromatic N) is 4. The molecule has 0 spiro atoms. The number of hydrogen-bond acceptors (Lipinski definition) is 5. The third-order valence-electron chi connectivity index (χ3n) is 4.55. The van der Waals surface area contributed by atoms with Crippen molar-refractivity contribution in [2.75, 3.05) is 30.1 Å². The van der Waals surface area contributed by atoms with Crippen molar-refractivity contribution in [3.05, 3.63) is 53.6 Å². The van der Waals surface area contributed by atoms with E-state index in [2.05, 4.69) is 32.5 Å². The largest absolute Gasteiger partial charge is 0.378 e. The number of aromatic nitrogens is 3. The molecule has 0 radical (unpaired) electrons. The standard InChI is InChI=1S/C21H25N5OS/c1-14-7-6-8-15(2)19(14)22-18(27)13-28-21-24-23-20(26(21)5)16-9-11-17(12-10-16)25(3)4/h6-12H,13H2,1-5H3,(H,22,27). The Morgan fingerprint density at radius 3 is 2.32 bits per heavy atom.